The Kier molecular flexibility index (Phi) is 6.36. The van der Waals surface area contributed by atoms with Crippen LogP contribution in [0.5, 0.6) is 0 Å². The molecular formula is C28H29N2+. The van der Waals surface area contributed by atoms with Crippen molar-refractivity contribution in [3.63, 3.8) is 0 Å². The van der Waals surface area contributed by atoms with Crippen molar-refractivity contribution in [1.82, 2.24) is 4.90 Å². The molecule has 0 aliphatic rings. The molecule has 30 heavy (non-hydrogen) atoms. The van der Waals surface area contributed by atoms with Crippen molar-refractivity contribution >= 4 is 0 Å². The molecule has 0 atom stereocenters. The first-order valence-electron chi connectivity index (χ1n) is 10.6. The molecule has 0 saturated heterocycles. The lowest BCUT2D eigenvalue weighted by Crippen LogP contribution is -2.40. The summed E-state index contributed by atoms with van der Waals surface area (Å²) >= 11 is 0. The fraction of sp³-hybridized carbons (Fsp3) is 0.179. The number of benzene rings is 3. The van der Waals surface area contributed by atoms with Crippen molar-refractivity contribution in [3.05, 3.63) is 103 Å². The summed E-state index contributed by atoms with van der Waals surface area (Å²) in [5, 5.41) is 0. The number of hydrogen-bond acceptors (Lipinski definition) is 1. The minimum absolute atomic E-state index is 0.974. The SMILES string of the molecule is CN(C)CCC[n+]1c(-c2ccccc2)cc(-c2ccccc2)cc1-c1ccccc1. The van der Waals surface area contributed by atoms with Crippen LogP contribution in [-0.4, -0.2) is 25.5 Å². The van der Waals surface area contributed by atoms with E-state index in [1.165, 1.54) is 33.6 Å². The van der Waals surface area contributed by atoms with Crippen LogP contribution >= 0.6 is 0 Å². The van der Waals surface area contributed by atoms with Gasteiger partial charge in [-0.2, -0.15) is 4.57 Å². The van der Waals surface area contributed by atoms with E-state index < -0.39 is 0 Å². The zero-order chi connectivity index (χ0) is 20.8. The van der Waals surface area contributed by atoms with Crippen LogP contribution in [-0.2, 0) is 6.54 Å². The van der Waals surface area contributed by atoms with Crippen molar-refractivity contribution in [2.45, 2.75) is 13.0 Å². The zero-order valence-electron chi connectivity index (χ0n) is 17.8. The number of rotatable bonds is 7. The molecule has 0 radical (unpaired) electrons. The maximum absolute atomic E-state index is 2.49. The monoisotopic (exact) mass is 393 g/mol. The van der Waals surface area contributed by atoms with Gasteiger partial charge in [0.05, 0.1) is 0 Å². The summed E-state index contributed by atoms with van der Waals surface area (Å²) in [6.45, 7) is 2.04. The topological polar surface area (TPSA) is 7.12 Å². The molecule has 1 aromatic heterocycles. The average molecular weight is 394 g/mol. The summed E-state index contributed by atoms with van der Waals surface area (Å²) in [6, 6.07) is 36.8. The standard InChI is InChI=1S/C28H29N2/c1-29(2)19-12-20-30-27(24-15-8-4-9-16-24)21-26(23-13-6-3-7-14-23)22-28(30)25-17-10-5-11-18-25/h3-11,13-18,21-22H,12,19-20H2,1-2H3/q+1. The molecule has 0 saturated carbocycles. The molecule has 0 aliphatic heterocycles. The van der Waals surface area contributed by atoms with Crippen LogP contribution in [0, 0.1) is 0 Å². The first kappa shape index (κ1) is 20.1. The minimum Gasteiger partial charge on any atom is -0.309 e. The van der Waals surface area contributed by atoms with Crippen molar-refractivity contribution in [3.8, 4) is 33.6 Å². The van der Waals surface area contributed by atoms with Gasteiger partial charge in [0.25, 0.3) is 0 Å². The molecule has 2 nitrogen and oxygen atoms in total. The molecule has 0 amide bonds. The summed E-state index contributed by atoms with van der Waals surface area (Å²) in [7, 11) is 4.28. The van der Waals surface area contributed by atoms with Gasteiger partial charge in [-0.15, -0.1) is 0 Å². The van der Waals surface area contributed by atoms with Crippen LogP contribution in [0.1, 0.15) is 6.42 Å². The van der Waals surface area contributed by atoms with Crippen molar-refractivity contribution in [2.75, 3.05) is 20.6 Å². The van der Waals surface area contributed by atoms with Crippen molar-refractivity contribution < 1.29 is 4.57 Å². The molecule has 150 valence electrons. The third-order valence-corrected chi connectivity index (χ3v) is 5.40. The molecule has 0 fully saturated rings. The summed E-state index contributed by atoms with van der Waals surface area (Å²) in [4.78, 5) is 2.25. The van der Waals surface area contributed by atoms with Crippen molar-refractivity contribution in [1.29, 1.82) is 0 Å². The Hall–Kier alpha value is -3.23. The van der Waals surface area contributed by atoms with E-state index in [1.54, 1.807) is 0 Å². The normalized spacial score (nSPS) is 11.0. The Morgan fingerprint density at radius 3 is 1.43 bits per heavy atom. The highest BCUT2D eigenvalue weighted by Crippen LogP contribution is 2.29. The Bertz CT molecular complexity index is 1010. The van der Waals surface area contributed by atoms with Gasteiger partial charge < -0.3 is 4.90 Å². The molecule has 2 heteroatoms. The Morgan fingerprint density at radius 2 is 1.00 bits per heavy atom. The minimum atomic E-state index is 0.974. The van der Waals surface area contributed by atoms with Gasteiger partial charge in [0, 0.05) is 36.2 Å². The van der Waals surface area contributed by atoms with Gasteiger partial charge in [-0.1, -0.05) is 66.7 Å². The average Bonchev–Trinajstić information content (AvgIpc) is 2.80. The number of hydrogen-bond donors (Lipinski definition) is 0. The van der Waals surface area contributed by atoms with E-state index in [0.29, 0.717) is 0 Å². The van der Waals surface area contributed by atoms with E-state index in [4.69, 9.17) is 0 Å². The lowest BCUT2D eigenvalue weighted by molar-refractivity contribution is -0.675. The maximum atomic E-state index is 2.49. The lowest BCUT2D eigenvalue weighted by Gasteiger charge is -2.14. The van der Waals surface area contributed by atoms with Crippen LogP contribution in [0.4, 0.5) is 0 Å². The predicted octanol–water partition coefficient (Wildman–Crippen LogP) is 5.93. The fourth-order valence-electron chi connectivity index (χ4n) is 3.90. The van der Waals surface area contributed by atoms with Crippen LogP contribution < -0.4 is 4.57 Å². The van der Waals surface area contributed by atoms with Gasteiger partial charge >= 0.3 is 0 Å². The van der Waals surface area contributed by atoms with E-state index >= 15 is 0 Å². The second kappa shape index (κ2) is 9.51. The Labute approximate surface area is 180 Å². The fourth-order valence-corrected chi connectivity index (χ4v) is 3.90. The molecule has 0 N–H and O–H groups in total. The van der Waals surface area contributed by atoms with Gasteiger partial charge in [-0.3, -0.25) is 0 Å². The van der Waals surface area contributed by atoms with Gasteiger partial charge in [0.15, 0.2) is 6.54 Å². The molecule has 4 rings (SSSR count). The third-order valence-electron chi connectivity index (χ3n) is 5.40. The largest absolute Gasteiger partial charge is 0.309 e. The molecule has 0 aliphatic carbocycles. The molecule has 3 aromatic carbocycles. The summed E-state index contributed by atoms with van der Waals surface area (Å²) in [5.41, 5.74) is 7.50. The molecule has 1 heterocycles. The number of pyridine rings is 1. The molecular weight excluding hydrogens is 364 g/mol. The quantitative estimate of drug-likeness (QED) is 0.353. The predicted molar refractivity (Wildman–Crippen MR) is 126 cm³/mol. The van der Waals surface area contributed by atoms with Gasteiger partial charge in [-0.05, 0) is 49.5 Å². The van der Waals surface area contributed by atoms with Gasteiger partial charge in [0.1, 0.15) is 0 Å². The first-order chi connectivity index (χ1) is 14.7. The highest BCUT2D eigenvalue weighted by atomic mass is 15.1. The molecule has 0 spiro atoms. The van der Waals surface area contributed by atoms with E-state index in [2.05, 4.69) is 127 Å². The number of aromatic nitrogens is 1. The van der Waals surface area contributed by atoms with E-state index in [0.717, 1.165) is 19.5 Å². The van der Waals surface area contributed by atoms with Crippen LogP contribution in [0.3, 0.4) is 0 Å². The first-order valence-corrected chi connectivity index (χ1v) is 10.6. The van der Waals surface area contributed by atoms with E-state index in [1.807, 2.05) is 0 Å². The lowest BCUT2D eigenvalue weighted by atomic mass is 9.99. The highest BCUT2D eigenvalue weighted by Gasteiger charge is 2.22. The summed E-state index contributed by atoms with van der Waals surface area (Å²) < 4.78 is 2.49. The second-order valence-electron chi connectivity index (χ2n) is 7.92. The zero-order valence-corrected chi connectivity index (χ0v) is 17.8. The van der Waals surface area contributed by atoms with Crippen LogP contribution in [0.15, 0.2) is 103 Å². The Balaban J connectivity index is 1.93. The van der Waals surface area contributed by atoms with Crippen molar-refractivity contribution in [2.24, 2.45) is 0 Å². The van der Waals surface area contributed by atoms with Gasteiger partial charge in [-0.25, -0.2) is 0 Å². The van der Waals surface area contributed by atoms with Crippen LogP contribution in [0.2, 0.25) is 0 Å². The van der Waals surface area contributed by atoms with Gasteiger partial charge in [0.2, 0.25) is 11.4 Å². The highest BCUT2D eigenvalue weighted by molar-refractivity contribution is 5.73. The molecule has 0 bridgehead atoms. The van der Waals surface area contributed by atoms with Crippen LogP contribution in [0.25, 0.3) is 33.6 Å². The maximum Gasteiger partial charge on any atom is 0.213 e. The second-order valence-corrected chi connectivity index (χ2v) is 7.92. The summed E-state index contributed by atoms with van der Waals surface area (Å²) in [5.74, 6) is 0. The molecule has 4 aromatic rings. The Morgan fingerprint density at radius 1 is 0.567 bits per heavy atom. The van der Waals surface area contributed by atoms with E-state index in [-0.39, 0.29) is 0 Å². The molecule has 0 unspecified atom stereocenters. The smallest absolute Gasteiger partial charge is 0.213 e. The van der Waals surface area contributed by atoms with E-state index in [9.17, 15) is 0 Å². The summed E-state index contributed by atoms with van der Waals surface area (Å²) in [6.07, 6.45) is 1.10. The number of nitrogens with zero attached hydrogens (tertiary/aromatic N) is 2. The third kappa shape index (κ3) is 4.67.